The number of rotatable bonds is 3. The monoisotopic (exact) mass is 430 g/mol. The van der Waals surface area contributed by atoms with Crippen molar-refractivity contribution in [3.8, 4) is 0 Å². The van der Waals surface area contributed by atoms with Crippen molar-refractivity contribution in [1.29, 1.82) is 0 Å². The molecule has 3 fully saturated rings. The molecule has 0 spiro atoms. The first-order valence-corrected chi connectivity index (χ1v) is 12.4. The van der Waals surface area contributed by atoms with E-state index >= 15 is 0 Å². The quantitative estimate of drug-likeness (QED) is 0.463. The van der Waals surface area contributed by atoms with E-state index in [9.17, 15) is 9.59 Å². The van der Waals surface area contributed by atoms with E-state index in [0.29, 0.717) is 6.42 Å². The number of thioether (sulfide) groups is 1. The standard InChI is InChI=1S/C25H34O4S/c1-24-17-20(30-18-13-9-8-10-14-18)22(29-24)25(23(27)28-2)16-12-7-5-3-4-6-11-15-19(24)21(25)26/h8-10,13-14,19-20,22H,3-7,11-12,15-17H2,1-2H3/t19-,20+,22+,24-,25+/m0/s1. The van der Waals surface area contributed by atoms with Crippen LogP contribution in [0.15, 0.2) is 35.2 Å². The van der Waals surface area contributed by atoms with Crippen LogP contribution in [-0.2, 0) is 19.1 Å². The molecule has 4 rings (SSSR count). The summed E-state index contributed by atoms with van der Waals surface area (Å²) in [6.45, 7) is 2.10. The molecule has 30 heavy (non-hydrogen) atoms. The van der Waals surface area contributed by atoms with Crippen LogP contribution in [0.25, 0.3) is 0 Å². The second-order valence-electron chi connectivity index (χ2n) is 9.42. The van der Waals surface area contributed by atoms with Crippen LogP contribution in [0.2, 0.25) is 0 Å². The van der Waals surface area contributed by atoms with E-state index in [2.05, 4.69) is 19.1 Å². The third-order valence-corrected chi connectivity index (χ3v) is 8.72. The highest BCUT2D eigenvalue weighted by Crippen LogP contribution is 2.58. The van der Waals surface area contributed by atoms with Crippen LogP contribution in [0.3, 0.4) is 0 Å². The van der Waals surface area contributed by atoms with E-state index in [1.165, 1.54) is 26.4 Å². The molecule has 2 saturated heterocycles. The van der Waals surface area contributed by atoms with Crippen molar-refractivity contribution in [3.05, 3.63) is 30.3 Å². The van der Waals surface area contributed by atoms with E-state index in [1.54, 1.807) is 11.8 Å². The Morgan fingerprint density at radius 2 is 1.73 bits per heavy atom. The van der Waals surface area contributed by atoms with Crippen LogP contribution in [0.5, 0.6) is 0 Å². The Balaban J connectivity index is 1.74. The average Bonchev–Trinajstić information content (AvgIpc) is 3.05. The zero-order chi connectivity index (χ0) is 21.2. The van der Waals surface area contributed by atoms with Crippen LogP contribution < -0.4 is 0 Å². The molecule has 0 N–H and O–H groups in total. The predicted octanol–water partition coefficient (Wildman–Crippen LogP) is 5.58. The zero-order valence-corrected chi connectivity index (χ0v) is 19.0. The van der Waals surface area contributed by atoms with E-state index < -0.39 is 17.1 Å². The number of Topliss-reactive ketones (excluding diaryl/α,β-unsaturated/α-hetero) is 1. The van der Waals surface area contributed by atoms with Crippen molar-refractivity contribution >= 4 is 23.5 Å². The van der Waals surface area contributed by atoms with Gasteiger partial charge in [-0.1, -0.05) is 63.1 Å². The van der Waals surface area contributed by atoms with Crippen molar-refractivity contribution in [3.63, 3.8) is 0 Å². The SMILES string of the molecule is COC(=O)[C@]12CCCCCCCCC[C@@H](C1=O)[C@]1(C)C[C@@H](Sc3ccccc3)[C@H]2O1. The maximum absolute atomic E-state index is 14.0. The second-order valence-corrected chi connectivity index (χ2v) is 10.7. The summed E-state index contributed by atoms with van der Waals surface area (Å²) in [5.74, 6) is -0.527. The van der Waals surface area contributed by atoms with Crippen molar-refractivity contribution in [2.45, 2.75) is 93.0 Å². The Morgan fingerprint density at radius 1 is 1.07 bits per heavy atom. The summed E-state index contributed by atoms with van der Waals surface area (Å²) in [6.07, 6.45) is 9.46. The molecule has 1 aromatic carbocycles. The molecule has 3 aliphatic rings. The second kappa shape index (κ2) is 9.04. The third-order valence-electron chi connectivity index (χ3n) is 7.46. The highest BCUT2D eigenvalue weighted by Gasteiger charge is 2.69. The molecule has 0 unspecified atom stereocenters. The fraction of sp³-hybridized carbons (Fsp3) is 0.680. The van der Waals surface area contributed by atoms with Crippen molar-refractivity contribution in [2.24, 2.45) is 11.3 Å². The number of hydrogen-bond acceptors (Lipinski definition) is 5. The number of carbonyl (C=O) groups excluding carboxylic acids is 2. The van der Waals surface area contributed by atoms with Crippen LogP contribution in [0, 0.1) is 11.3 Å². The van der Waals surface area contributed by atoms with Crippen LogP contribution in [0.4, 0.5) is 0 Å². The Hall–Kier alpha value is -1.33. The lowest BCUT2D eigenvalue weighted by Gasteiger charge is -2.47. The fourth-order valence-electron chi connectivity index (χ4n) is 5.91. The highest BCUT2D eigenvalue weighted by molar-refractivity contribution is 8.00. The molecule has 5 atom stereocenters. The summed E-state index contributed by atoms with van der Waals surface area (Å²) in [5.41, 5.74) is -1.66. The number of ketones is 1. The van der Waals surface area contributed by atoms with Gasteiger partial charge in [-0.05, 0) is 38.3 Å². The van der Waals surface area contributed by atoms with Gasteiger partial charge < -0.3 is 9.47 Å². The molecule has 164 valence electrons. The number of ether oxygens (including phenoxy) is 2. The van der Waals surface area contributed by atoms with E-state index in [0.717, 1.165) is 43.4 Å². The lowest BCUT2D eigenvalue weighted by molar-refractivity contribution is -0.197. The molecule has 1 aromatic rings. The van der Waals surface area contributed by atoms with Crippen LogP contribution >= 0.6 is 11.8 Å². The summed E-state index contributed by atoms with van der Waals surface area (Å²) in [7, 11) is 1.41. The summed E-state index contributed by atoms with van der Waals surface area (Å²) in [5, 5.41) is 0.0654. The number of benzene rings is 1. The Kier molecular flexibility index (Phi) is 6.59. The average molecular weight is 431 g/mol. The zero-order valence-electron chi connectivity index (χ0n) is 18.2. The predicted molar refractivity (Wildman–Crippen MR) is 118 cm³/mol. The Bertz CT molecular complexity index is 766. The minimum absolute atomic E-state index is 0.0654. The summed E-state index contributed by atoms with van der Waals surface area (Å²) < 4.78 is 12.0. The molecule has 1 aliphatic carbocycles. The first-order chi connectivity index (χ1) is 14.5. The topological polar surface area (TPSA) is 52.6 Å². The molecule has 0 radical (unpaired) electrons. The molecular formula is C25H34O4S. The molecule has 5 heteroatoms. The number of hydrogen-bond donors (Lipinski definition) is 0. The molecule has 0 amide bonds. The number of carbonyl (C=O) groups is 2. The number of methoxy groups -OCH3 is 1. The molecule has 4 nitrogen and oxygen atoms in total. The van der Waals surface area contributed by atoms with Crippen molar-refractivity contribution < 1.29 is 19.1 Å². The molecule has 2 aliphatic heterocycles. The van der Waals surface area contributed by atoms with Crippen molar-refractivity contribution in [2.75, 3.05) is 7.11 Å². The lowest BCUT2D eigenvalue weighted by Crippen LogP contribution is -2.61. The Morgan fingerprint density at radius 3 is 2.43 bits per heavy atom. The molecular weight excluding hydrogens is 396 g/mol. The van der Waals surface area contributed by atoms with Gasteiger partial charge in [0, 0.05) is 16.1 Å². The maximum Gasteiger partial charge on any atom is 0.322 e. The van der Waals surface area contributed by atoms with E-state index in [4.69, 9.17) is 9.47 Å². The van der Waals surface area contributed by atoms with Crippen LogP contribution in [0.1, 0.15) is 71.1 Å². The molecule has 0 aromatic heterocycles. The molecule has 2 heterocycles. The van der Waals surface area contributed by atoms with Gasteiger partial charge in [-0.2, -0.15) is 0 Å². The maximum atomic E-state index is 14.0. The number of fused-ring (bicyclic) bond motifs is 6. The molecule has 4 bridgehead atoms. The largest absolute Gasteiger partial charge is 0.468 e. The van der Waals surface area contributed by atoms with Gasteiger partial charge in [-0.15, -0.1) is 11.8 Å². The van der Waals surface area contributed by atoms with E-state index in [1.807, 2.05) is 18.2 Å². The molecule has 1 saturated carbocycles. The highest BCUT2D eigenvalue weighted by atomic mass is 32.2. The minimum Gasteiger partial charge on any atom is -0.468 e. The van der Waals surface area contributed by atoms with Gasteiger partial charge in [0.05, 0.1) is 18.8 Å². The normalized spacial score (nSPS) is 37.1. The first-order valence-electron chi connectivity index (χ1n) is 11.5. The van der Waals surface area contributed by atoms with Gasteiger partial charge in [-0.3, -0.25) is 9.59 Å². The lowest BCUT2D eigenvalue weighted by atomic mass is 9.65. The minimum atomic E-state index is -1.17. The summed E-state index contributed by atoms with van der Waals surface area (Å²) in [4.78, 5) is 28.5. The first kappa shape index (κ1) is 21.9. The van der Waals surface area contributed by atoms with Gasteiger partial charge in [0.2, 0.25) is 0 Å². The van der Waals surface area contributed by atoms with Crippen LogP contribution in [-0.4, -0.2) is 35.8 Å². The van der Waals surface area contributed by atoms with Gasteiger partial charge in [0.25, 0.3) is 0 Å². The van der Waals surface area contributed by atoms with Gasteiger partial charge in [0.1, 0.15) is 0 Å². The summed E-state index contributed by atoms with van der Waals surface area (Å²) in [6, 6.07) is 10.3. The summed E-state index contributed by atoms with van der Waals surface area (Å²) >= 11 is 1.75. The fourth-order valence-corrected chi connectivity index (χ4v) is 7.40. The van der Waals surface area contributed by atoms with Gasteiger partial charge >= 0.3 is 5.97 Å². The smallest absolute Gasteiger partial charge is 0.322 e. The third kappa shape index (κ3) is 3.84. The number of esters is 1. The van der Waals surface area contributed by atoms with Gasteiger partial charge in [0.15, 0.2) is 11.2 Å². The Labute approximate surface area is 184 Å². The van der Waals surface area contributed by atoms with Crippen molar-refractivity contribution in [1.82, 2.24) is 0 Å². The van der Waals surface area contributed by atoms with Gasteiger partial charge in [-0.25, -0.2) is 0 Å². The van der Waals surface area contributed by atoms with E-state index in [-0.39, 0.29) is 22.9 Å².